The Hall–Kier alpha value is -10.1. The summed E-state index contributed by atoms with van der Waals surface area (Å²) in [6, 6.07) is 92.8. The molecule has 0 atom stereocenters. The van der Waals surface area contributed by atoms with Crippen LogP contribution in [0.1, 0.15) is 69.5 Å². The molecule has 0 heterocycles. The molecule has 0 saturated heterocycles. The fraction of sp³-hybridized carbons (Fsp3) is 0.0270. The number of carbonyl (C=O) groups is 2. The highest BCUT2D eigenvalue weighted by Crippen LogP contribution is 2.46. The van der Waals surface area contributed by atoms with E-state index >= 15 is 0 Å². The molecular weight excluding hydrogens is 921 g/mol. The Labute approximate surface area is 446 Å². The lowest BCUT2D eigenvalue weighted by Gasteiger charge is -2.09. The predicted molar refractivity (Wildman–Crippen MR) is 316 cm³/mol. The lowest BCUT2D eigenvalue weighted by Crippen LogP contribution is -2.01. The molecule has 0 radical (unpaired) electrons. The third kappa shape index (κ3) is 11.2. The van der Waals surface area contributed by atoms with Gasteiger partial charge in [-0.15, -0.1) is 0 Å². The molecular formula is C74H52O2. The number of fused-ring (bicyclic) bond motifs is 1. The number of rotatable bonds is 6. The van der Waals surface area contributed by atoms with E-state index in [0.29, 0.717) is 0 Å². The standard InChI is InChI=1S/2C32H22O.C10H8/c2*1-23-29(28-21-19-25(20-22-28)18-17-24-11-5-2-6-12-24)31(27-15-9-4-10-16-27)32(33)30(23)26-13-7-3-8-14-26;1-2-6-10-8-4-3-7-9(10)5-1/h2*2-16,19-22H,1H3;1-8H. The molecule has 2 heteroatoms. The van der Waals surface area contributed by atoms with Gasteiger partial charge in [-0.05, 0) is 129 Å². The molecule has 0 spiro atoms. The molecule has 0 bridgehead atoms. The smallest absolute Gasteiger partial charge is 0.195 e. The van der Waals surface area contributed by atoms with Gasteiger partial charge in [-0.3, -0.25) is 9.59 Å². The molecule has 0 aromatic heterocycles. The van der Waals surface area contributed by atoms with Crippen molar-refractivity contribution in [3.8, 4) is 23.7 Å². The van der Waals surface area contributed by atoms with Crippen LogP contribution < -0.4 is 0 Å². The molecule has 12 rings (SSSR count). The van der Waals surface area contributed by atoms with Crippen molar-refractivity contribution in [2.75, 3.05) is 0 Å². The van der Waals surface area contributed by atoms with E-state index in [0.717, 1.165) is 100 Å². The minimum absolute atomic E-state index is 0.0767. The molecule has 360 valence electrons. The molecule has 10 aromatic rings. The van der Waals surface area contributed by atoms with Gasteiger partial charge in [-0.1, -0.05) is 254 Å². The first-order valence-corrected chi connectivity index (χ1v) is 25.4. The van der Waals surface area contributed by atoms with Crippen molar-refractivity contribution >= 4 is 55.8 Å². The summed E-state index contributed by atoms with van der Waals surface area (Å²) >= 11 is 0. The van der Waals surface area contributed by atoms with Crippen LogP contribution in [0.25, 0.3) is 44.2 Å². The first-order chi connectivity index (χ1) is 37.4. The highest BCUT2D eigenvalue weighted by Gasteiger charge is 2.34. The number of carbonyl (C=O) groups excluding carboxylic acids is 2. The Morgan fingerprint density at radius 3 is 0.697 bits per heavy atom. The number of allylic oxidation sites excluding steroid dienone is 8. The summed E-state index contributed by atoms with van der Waals surface area (Å²) in [6.45, 7) is 4.10. The van der Waals surface area contributed by atoms with Gasteiger partial charge in [0, 0.05) is 44.5 Å². The summed E-state index contributed by atoms with van der Waals surface area (Å²) < 4.78 is 0. The largest absolute Gasteiger partial charge is 0.289 e. The van der Waals surface area contributed by atoms with Gasteiger partial charge in [0.2, 0.25) is 0 Å². The van der Waals surface area contributed by atoms with Crippen LogP contribution in [-0.4, -0.2) is 11.6 Å². The van der Waals surface area contributed by atoms with Crippen molar-refractivity contribution in [2.45, 2.75) is 13.8 Å². The maximum absolute atomic E-state index is 13.7. The molecule has 0 amide bonds. The van der Waals surface area contributed by atoms with Gasteiger partial charge in [0.05, 0.1) is 0 Å². The van der Waals surface area contributed by atoms with Crippen molar-refractivity contribution in [3.63, 3.8) is 0 Å². The summed E-state index contributed by atoms with van der Waals surface area (Å²) in [5.41, 5.74) is 16.8. The second-order valence-electron chi connectivity index (χ2n) is 18.4. The summed E-state index contributed by atoms with van der Waals surface area (Å²) in [6.07, 6.45) is 0. The topological polar surface area (TPSA) is 34.1 Å². The third-order valence-corrected chi connectivity index (χ3v) is 13.4. The summed E-state index contributed by atoms with van der Waals surface area (Å²) in [4.78, 5) is 27.4. The van der Waals surface area contributed by atoms with Crippen LogP contribution in [-0.2, 0) is 9.59 Å². The number of ketones is 2. The molecule has 2 aliphatic rings. The second kappa shape index (κ2) is 23.6. The van der Waals surface area contributed by atoms with Gasteiger partial charge in [-0.2, -0.15) is 0 Å². The summed E-state index contributed by atoms with van der Waals surface area (Å²) in [7, 11) is 0. The zero-order valence-electron chi connectivity index (χ0n) is 42.4. The highest BCUT2D eigenvalue weighted by atomic mass is 16.1. The van der Waals surface area contributed by atoms with Crippen LogP contribution in [0.3, 0.4) is 0 Å². The van der Waals surface area contributed by atoms with Crippen LogP contribution in [0.2, 0.25) is 0 Å². The Balaban J connectivity index is 0.000000146. The monoisotopic (exact) mass is 972 g/mol. The Bertz CT molecular complexity index is 3660. The van der Waals surface area contributed by atoms with Crippen molar-refractivity contribution in [2.24, 2.45) is 0 Å². The maximum atomic E-state index is 13.7. The van der Waals surface area contributed by atoms with Gasteiger partial charge in [-0.25, -0.2) is 0 Å². The number of hydrogen-bond donors (Lipinski definition) is 0. The van der Waals surface area contributed by atoms with E-state index in [1.165, 1.54) is 10.8 Å². The SMILES string of the molecule is CC1=C(c2ccccc2)C(=O)C(c2ccccc2)=C1c1ccc(C#Cc2ccccc2)cc1.CC1=C(c2ccccc2)C(=O)C(c2ccccc2)=C1c1ccc(C#Cc2ccccc2)cc1.c1ccc2ccccc2c1. The van der Waals surface area contributed by atoms with E-state index in [1.807, 2.05) is 206 Å². The van der Waals surface area contributed by atoms with Crippen LogP contribution in [0.4, 0.5) is 0 Å². The predicted octanol–water partition coefficient (Wildman–Crippen LogP) is 16.9. The normalized spacial score (nSPS) is 12.8. The zero-order valence-corrected chi connectivity index (χ0v) is 42.4. The minimum Gasteiger partial charge on any atom is -0.289 e. The van der Waals surface area contributed by atoms with Gasteiger partial charge in [0.1, 0.15) is 0 Å². The average molecular weight is 973 g/mol. The first kappa shape index (κ1) is 49.5. The highest BCUT2D eigenvalue weighted by molar-refractivity contribution is 6.53. The summed E-state index contributed by atoms with van der Waals surface area (Å²) in [5.74, 6) is 13.0. The lowest BCUT2D eigenvalue weighted by atomic mass is 9.93. The lowest BCUT2D eigenvalue weighted by molar-refractivity contribution is -0.109. The number of Topliss-reactive ketones (excluding diaryl/α,β-unsaturated/α-hetero) is 2. The second-order valence-corrected chi connectivity index (χ2v) is 18.4. The van der Waals surface area contributed by atoms with E-state index in [-0.39, 0.29) is 11.6 Å². The molecule has 0 fully saturated rings. The quantitative estimate of drug-likeness (QED) is 0.156. The minimum atomic E-state index is 0.0767. The Kier molecular flexibility index (Phi) is 15.4. The van der Waals surface area contributed by atoms with E-state index in [2.05, 4.69) is 110 Å². The fourth-order valence-electron chi connectivity index (χ4n) is 9.73. The molecule has 0 aliphatic heterocycles. The van der Waals surface area contributed by atoms with Crippen LogP contribution in [0.15, 0.2) is 290 Å². The number of benzene rings is 10. The first-order valence-electron chi connectivity index (χ1n) is 25.4. The van der Waals surface area contributed by atoms with Crippen molar-refractivity contribution in [1.82, 2.24) is 0 Å². The van der Waals surface area contributed by atoms with Gasteiger partial charge < -0.3 is 0 Å². The molecule has 2 aliphatic carbocycles. The number of hydrogen-bond acceptors (Lipinski definition) is 2. The van der Waals surface area contributed by atoms with Gasteiger partial charge >= 0.3 is 0 Å². The molecule has 0 unspecified atom stereocenters. The van der Waals surface area contributed by atoms with E-state index in [1.54, 1.807) is 0 Å². The molecule has 2 nitrogen and oxygen atoms in total. The Morgan fingerprint density at radius 1 is 0.211 bits per heavy atom. The van der Waals surface area contributed by atoms with Crippen LogP contribution >= 0.6 is 0 Å². The maximum Gasteiger partial charge on any atom is 0.195 e. The summed E-state index contributed by atoms with van der Waals surface area (Å²) in [5, 5.41) is 2.62. The van der Waals surface area contributed by atoms with Crippen molar-refractivity contribution in [1.29, 1.82) is 0 Å². The van der Waals surface area contributed by atoms with Gasteiger partial charge in [0.15, 0.2) is 11.6 Å². The Morgan fingerprint density at radius 2 is 0.421 bits per heavy atom. The zero-order chi connectivity index (χ0) is 52.1. The molecule has 76 heavy (non-hydrogen) atoms. The van der Waals surface area contributed by atoms with Gasteiger partial charge in [0.25, 0.3) is 0 Å². The van der Waals surface area contributed by atoms with Crippen LogP contribution in [0.5, 0.6) is 0 Å². The molecule has 0 saturated carbocycles. The van der Waals surface area contributed by atoms with Crippen LogP contribution in [0, 0.1) is 23.7 Å². The van der Waals surface area contributed by atoms with E-state index in [9.17, 15) is 9.59 Å². The molecule has 0 N–H and O–H groups in total. The average Bonchev–Trinajstić information content (AvgIpc) is 4.01. The van der Waals surface area contributed by atoms with E-state index in [4.69, 9.17) is 0 Å². The third-order valence-electron chi connectivity index (χ3n) is 13.4. The molecule has 10 aromatic carbocycles. The van der Waals surface area contributed by atoms with Crippen molar-refractivity contribution < 1.29 is 9.59 Å². The fourth-order valence-corrected chi connectivity index (χ4v) is 9.73. The van der Waals surface area contributed by atoms with Crippen molar-refractivity contribution in [3.05, 3.63) is 346 Å². The van der Waals surface area contributed by atoms with E-state index < -0.39 is 0 Å².